The molecule has 1 fully saturated rings. The number of aromatic nitrogens is 1. The van der Waals surface area contributed by atoms with E-state index in [1.165, 1.54) is 6.42 Å². The van der Waals surface area contributed by atoms with Crippen molar-refractivity contribution in [1.29, 1.82) is 0 Å². The Labute approximate surface area is 112 Å². The standard InChI is InChI=1S/C13H19ClN2O2/c14-10-8-12(15-9-10)13(18)16(6-7-17)11-4-2-1-3-5-11/h8-9,11,15,17H,1-7H2. The minimum absolute atomic E-state index is 0.00329. The van der Waals surface area contributed by atoms with Crippen molar-refractivity contribution in [2.45, 2.75) is 38.1 Å². The van der Waals surface area contributed by atoms with E-state index in [1.807, 2.05) is 0 Å². The van der Waals surface area contributed by atoms with E-state index in [2.05, 4.69) is 4.98 Å². The summed E-state index contributed by atoms with van der Waals surface area (Å²) in [4.78, 5) is 17.0. The molecule has 1 aliphatic carbocycles. The first kappa shape index (κ1) is 13.4. The first-order chi connectivity index (χ1) is 8.72. The summed E-state index contributed by atoms with van der Waals surface area (Å²) < 4.78 is 0. The molecule has 0 aromatic carbocycles. The molecule has 0 aliphatic heterocycles. The molecule has 1 aromatic rings. The van der Waals surface area contributed by atoms with Crippen molar-refractivity contribution in [2.75, 3.05) is 13.2 Å². The molecule has 0 radical (unpaired) electrons. The van der Waals surface area contributed by atoms with Gasteiger partial charge in [-0.15, -0.1) is 0 Å². The Morgan fingerprint density at radius 2 is 2.17 bits per heavy atom. The lowest BCUT2D eigenvalue weighted by atomic mass is 9.94. The van der Waals surface area contributed by atoms with Crippen LogP contribution in [0.3, 0.4) is 0 Å². The summed E-state index contributed by atoms with van der Waals surface area (Å²) in [5.74, 6) is -0.0668. The molecule has 0 atom stereocenters. The van der Waals surface area contributed by atoms with Crippen LogP contribution in [0.1, 0.15) is 42.6 Å². The Morgan fingerprint density at radius 3 is 2.72 bits per heavy atom. The fraction of sp³-hybridized carbons (Fsp3) is 0.615. The lowest BCUT2D eigenvalue weighted by molar-refractivity contribution is 0.0580. The molecule has 1 aromatic heterocycles. The van der Waals surface area contributed by atoms with Gasteiger partial charge in [0.25, 0.3) is 5.91 Å². The highest BCUT2D eigenvalue weighted by Crippen LogP contribution is 2.24. The van der Waals surface area contributed by atoms with Gasteiger partial charge in [0.15, 0.2) is 0 Å². The van der Waals surface area contributed by atoms with Gasteiger partial charge < -0.3 is 15.0 Å². The number of hydrogen-bond acceptors (Lipinski definition) is 2. The number of halogens is 1. The molecule has 2 rings (SSSR count). The molecule has 0 saturated heterocycles. The second-order valence-corrected chi connectivity index (χ2v) is 5.18. The van der Waals surface area contributed by atoms with Crippen LogP contribution in [0, 0.1) is 0 Å². The normalized spacial score (nSPS) is 16.8. The van der Waals surface area contributed by atoms with E-state index in [4.69, 9.17) is 16.7 Å². The highest BCUT2D eigenvalue weighted by atomic mass is 35.5. The predicted octanol–water partition coefficient (Wildman–Crippen LogP) is 2.44. The summed E-state index contributed by atoms with van der Waals surface area (Å²) in [5.41, 5.74) is 0.499. The van der Waals surface area contributed by atoms with E-state index in [9.17, 15) is 4.79 Å². The van der Waals surface area contributed by atoms with Gasteiger partial charge in [0, 0.05) is 18.8 Å². The fourth-order valence-corrected chi connectivity index (χ4v) is 2.76. The number of amides is 1. The molecule has 5 heteroatoms. The van der Waals surface area contributed by atoms with Gasteiger partial charge >= 0.3 is 0 Å². The molecular weight excluding hydrogens is 252 g/mol. The quantitative estimate of drug-likeness (QED) is 0.883. The number of carbonyl (C=O) groups excluding carboxylic acids is 1. The van der Waals surface area contributed by atoms with Crippen LogP contribution in [0.2, 0.25) is 5.02 Å². The predicted molar refractivity (Wildman–Crippen MR) is 70.8 cm³/mol. The maximum absolute atomic E-state index is 12.4. The lowest BCUT2D eigenvalue weighted by Crippen LogP contribution is -2.43. The third kappa shape index (κ3) is 3.06. The van der Waals surface area contributed by atoms with Crippen molar-refractivity contribution in [3.63, 3.8) is 0 Å². The second-order valence-electron chi connectivity index (χ2n) is 4.75. The fourth-order valence-electron chi connectivity index (χ4n) is 2.60. The van der Waals surface area contributed by atoms with Crippen LogP contribution < -0.4 is 0 Å². The topological polar surface area (TPSA) is 56.3 Å². The zero-order valence-corrected chi connectivity index (χ0v) is 11.1. The monoisotopic (exact) mass is 270 g/mol. The van der Waals surface area contributed by atoms with E-state index >= 15 is 0 Å². The number of hydrogen-bond donors (Lipinski definition) is 2. The highest BCUT2D eigenvalue weighted by molar-refractivity contribution is 6.30. The van der Waals surface area contributed by atoms with Crippen molar-refractivity contribution in [3.8, 4) is 0 Å². The Balaban J connectivity index is 2.10. The summed E-state index contributed by atoms with van der Waals surface area (Å²) in [6.45, 7) is 0.386. The highest BCUT2D eigenvalue weighted by Gasteiger charge is 2.26. The molecule has 1 amide bonds. The van der Waals surface area contributed by atoms with Crippen LogP contribution in [0.25, 0.3) is 0 Å². The number of H-pyrrole nitrogens is 1. The molecular formula is C13H19ClN2O2. The van der Waals surface area contributed by atoms with Crippen molar-refractivity contribution < 1.29 is 9.90 Å². The molecule has 1 aliphatic rings. The largest absolute Gasteiger partial charge is 0.395 e. The molecule has 0 spiro atoms. The average molecular weight is 271 g/mol. The third-order valence-corrected chi connectivity index (χ3v) is 3.71. The van der Waals surface area contributed by atoms with E-state index in [-0.39, 0.29) is 18.6 Å². The molecule has 1 heterocycles. The third-order valence-electron chi connectivity index (χ3n) is 3.50. The van der Waals surface area contributed by atoms with Gasteiger partial charge in [-0.05, 0) is 18.9 Å². The summed E-state index contributed by atoms with van der Waals surface area (Å²) >= 11 is 5.82. The van der Waals surface area contributed by atoms with Gasteiger partial charge in [-0.1, -0.05) is 30.9 Å². The summed E-state index contributed by atoms with van der Waals surface area (Å²) in [6, 6.07) is 1.89. The van der Waals surface area contributed by atoms with Gasteiger partial charge in [0.1, 0.15) is 5.69 Å². The molecule has 1 saturated carbocycles. The van der Waals surface area contributed by atoms with Crippen molar-refractivity contribution in [2.24, 2.45) is 0 Å². The van der Waals surface area contributed by atoms with Crippen molar-refractivity contribution in [3.05, 3.63) is 23.0 Å². The maximum Gasteiger partial charge on any atom is 0.270 e. The average Bonchev–Trinajstić information content (AvgIpc) is 2.83. The van der Waals surface area contributed by atoms with Gasteiger partial charge in [-0.3, -0.25) is 4.79 Å². The van der Waals surface area contributed by atoms with E-state index < -0.39 is 0 Å². The van der Waals surface area contributed by atoms with Gasteiger partial charge in [0.2, 0.25) is 0 Å². The summed E-state index contributed by atoms with van der Waals surface area (Å²) in [7, 11) is 0. The van der Waals surface area contributed by atoms with Crippen molar-refractivity contribution >= 4 is 17.5 Å². The molecule has 100 valence electrons. The van der Waals surface area contributed by atoms with E-state index in [0.717, 1.165) is 25.7 Å². The Bertz CT molecular complexity index is 399. The van der Waals surface area contributed by atoms with Gasteiger partial charge in [-0.25, -0.2) is 0 Å². The Morgan fingerprint density at radius 1 is 1.44 bits per heavy atom. The van der Waals surface area contributed by atoms with Gasteiger partial charge in [0.05, 0.1) is 11.6 Å². The molecule has 18 heavy (non-hydrogen) atoms. The number of aliphatic hydroxyl groups is 1. The minimum atomic E-state index is -0.0668. The Hall–Kier alpha value is -1.00. The second kappa shape index (κ2) is 6.25. The van der Waals surface area contributed by atoms with E-state index in [0.29, 0.717) is 17.3 Å². The molecule has 2 N–H and O–H groups in total. The van der Waals surface area contributed by atoms with Crippen molar-refractivity contribution in [1.82, 2.24) is 9.88 Å². The first-order valence-corrected chi connectivity index (χ1v) is 6.86. The van der Waals surface area contributed by atoms with Gasteiger partial charge in [-0.2, -0.15) is 0 Å². The summed E-state index contributed by atoms with van der Waals surface area (Å²) in [6.07, 6.45) is 7.22. The molecule has 0 unspecified atom stereocenters. The number of carbonyl (C=O) groups is 1. The van der Waals surface area contributed by atoms with Crippen LogP contribution in [-0.2, 0) is 0 Å². The van der Waals surface area contributed by atoms with E-state index in [1.54, 1.807) is 17.2 Å². The maximum atomic E-state index is 12.4. The smallest absolute Gasteiger partial charge is 0.270 e. The molecule has 0 bridgehead atoms. The molecule has 4 nitrogen and oxygen atoms in total. The van der Waals surface area contributed by atoms with Crippen LogP contribution in [0.4, 0.5) is 0 Å². The zero-order valence-electron chi connectivity index (χ0n) is 10.4. The van der Waals surface area contributed by atoms with Crippen LogP contribution >= 0.6 is 11.6 Å². The number of nitrogens with one attached hydrogen (secondary N) is 1. The number of rotatable bonds is 4. The van der Waals surface area contributed by atoms with Crippen LogP contribution in [0.5, 0.6) is 0 Å². The number of aliphatic hydroxyl groups excluding tert-OH is 1. The van der Waals surface area contributed by atoms with Crippen LogP contribution in [-0.4, -0.2) is 40.1 Å². The van der Waals surface area contributed by atoms with Crippen LogP contribution in [0.15, 0.2) is 12.3 Å². The number of aromatic amines is 1. The minimum Gasteiger partial charge on any atom is -0.395 e. The summed E-state index contributed by atoms with van der Waals surface area (Å²) in [5, 5.41) is 9.67. The number of nitrogens with zero attached hydrogens (tertiary/aromatic N) is 1. The zero-order chi connectivity index (χ0) is 13.0. The first-order valence-electron chi connectivity index (χ1n) is 6.48. The lowest BCUT2D eigenvalue weighted by Gasteiger charge is -2.33. The Kier molecular flexibility index (Phi) is 4.66. The SMILES string of the molecule is O=C(c1cc(Cl)c[nH]1)N(CCO)C1CCCCC1.